The summed E-state index contributed by atoms with van der Waals surface area (Å²) in [4.78, 5) is 21.3. The van der Waals surface area contributed by atoms with Crippen LogP contribution in [0.15, 0.2) is 53.1 Å². The van der Waals surface area contributed by atoms with Gasteiger partial charge in [0.05, 0.1) is 6.54 Å². The van der Waals surface area contributed by atoms with Crippen molar-refractivity contribution in [1.29, 1.82) is 0 Å². The van der Waals surface area contributed by atoms with Gasteiger partial charge in [-0.3, -0.25) is 9.69 Å². The summed E-state index contributed by atoms with van der Waals surface area (Å²) in [7, 11) is 0. The predicted molar refractivity (Wildman–Crippen MR) is 110 cm³/mol. The Bertz CT molecular complexity index is 958. The Morgan fingerprint density at radius 2 is 1.72 bits per heavy atom. The maximum absolute atomic E-state index is 12.7. The largest absolute Gasteiger partial charge is 0.338 e. The second-order valence-corrected chi connectivity index (χ2v) is 7.35. The fraction of sp³-hybridized carbons (Fsp3) is 0.318. The summed E-state index contributed by atoms with van der Waals surface area (Å²) in [6.45, 7) is 6.02. The number of piperazine rings is 1. The van der Waals surface area contributed by atoms with E-state index >= 15 is 0 Å². The first-order valence-electron chi connectivity index (χ1n) is 9.82. The zero-order valence-electron chi connectivity index (χ0n) is 16.5. The van der Waals surface area contributed by atoms with Crippen molar-refractivity contribution in [2.24, 2.45) is 5.73 Å². The van der Waals surface area contributed by atoms with Gasteiger partial charge in [0, 0.05) is 43.9 Å². The standard InChI is InChI=1S/C22H25N5O2/c1-16-2-6-18(7-3-16)21-24-20(29-25-21)15-26-10-12-27(13-11-26)22(28)19-8-4-17(14-23)5-9-19/h2-9H,10-15,23H2,1H3. The van der Waals surface area contributed by atoms with Crippen LogP contribution in [0.3, 0.4) is 0 Å². The van der Waals surface area contributed by atoms with Crippen LogP contribution in [-0.4, -0.2) is 52.0 Å². The van der Waals surface area contributed by atoms with E-state index in [1.807, 2.05) is 60.4 Å². The molecule has 29 heavy (non-hydrogen) atoms. The molecule has 0 bridgehead atoms. The minimum absolute atomic E-state index is 0.0627. The lowest BCUT2D eigenvalue weighted by Crippen LogP contribution is -2.48. The highest BCUT2D eigenvalue weighted by atomic mass is 16.5. The van der Waals surface area contributed by atoms with Gasteiger partial charge in [-0.1, -0.05) is 47.1 Å². The van der Waals surface area contributed by atoms with Crippen LogP contribution in [0.2, 0.25) is 0 Å². The number of benzene rings is 2. The molecule has 3 aromatic rings. The molecule has 1 aliphatic rings. The number of hydrogen-bond donors (Lipinski definition) is 1. The Balaban J connectivity index is 1.32. The molecule has 7 nitrogen and oxygen atoms in total. The van der Waals surface area contributed by atoms with Crippen molar-refractivity contribution in [2.75, 3.05) is 26.2 Å². The van der Waals surface area contributed by atoms with Crippen molar-refractivity contribution >= 4 is 5.91 Å². The minimum atomic E-state index is 0.0627. The zero-order chi connectivity index (χ0) is 20.2. The van der Waals surface area contributed by atoms with Crippen molar-refractivity contribution in [2.45, 2.75) is 20.0 Å². The van der Waals surface area contributed by atoms with Crippen LogP contribution >= 0.6 is 0 Å². The van der Waals surface area contributed by atoms with E-state index in [-0.39, 0.29) is 5.91 Å². The van der Waals surface area contributed by atoms with Crippen molar-refractivity contribution < 1.29 is 9.32 Å². The van der Waals surface area contributed by atoms with Gasteiger partial charge in [0.25, 0.3) is 5.91 Å². The Morgan fingerprint density at radius 3 is 2.38 bits per heavy atom. The summed E-state index contributed by atoms with van der Waals surface area (Å²) in [5.41, 5.74) is 9.49. The molecule has 0 unspecified atom stereocenters. The molecule has 2 heterocycles. The molecule has 2 N–H and O–H groups in total. The summed E-state index contributed by atoms with van der Waals surface area (Å²) in [6, 6.07) is 15.6. The van der Waals surface area contributed by atoms with Crippen molar-refractivity contribution in [3.05, 3.63) is 71.1 Å². The van der Waals surface area contributed by atoms with Crippen LogP contribution < -0.4 is 5.73 Å². The number of carbonyl (C=O) groups excluding carboxylic acids is 1. The second-order valence-electron chi connectivity index (χ2n) is 7.35. The van der Waals surface area contributed by atoms with Crippen molar-refractivity contribution in [1.82, 2.24) is 19.9 Å². The molecule has 0 spiro atoms. The van der Waals surface area contributed by atoms with Gasteiger partial charge in [-0.2, -0.15) is 4.98 Å². The highest BCUT2D eigenvalue weighted by Gasteiger charge is 2.23. The second kappa shape index (κ2) is 8.55. The number of nitrogens with zero attached hydrogens (tertiary/aromatic N) is 4. The fourth-order valence-corrected chi connectivity index (χ4v) is 3.41. The summed E-state index contributed by atoms with van der Waals surface area (Å²) in [5, 5.41) is 4.09. The molecule has 4 rings (SSSR count). The Kier molecular flexibility index (Phi) is 5.69. The first-order chi connectivity index (χ1) is 14.1. The molecule has 0 aliphatic carbocycles. The summed E-state index contributed by atoms with van der Waals surface area (Å²) in [6.07, 6.45) is 0. The maximum Gasteiger partial charge on any atom is 0.253 e. The van der Waals surface area contributed by atoms with Crippen molar-refractivity contribution in [3.63, 3.8) is 0 Å². The molecule has 0 radical (unpaired) electrons. The lowest BCUT2D eigenvalue weighted by Gasteiger charge is -2.34. The molecule has 1 fully saturated rings. The van der Waals surface area contributed by atoms with Gasteiger partial charge < -0.3 is 15.2 Å². The molecule has 150 valence electrons. The monoisotopic (exact) mass is 391 g/mol. The molecular weight excluding hydrogens is 366 g/mol. The topological polar surface area (TPSA) is 88.5 Å². The van der Waals surface area contributed by atoms with Gasteiger partial charge in [0.1, 0.15) is 0 Å². The van der Waals surface area contributed by atoms with Crippen LogP contribution in [0.5, 0.6) is 0 Å². The number of aryl methyl sites for hydroxylation is 1. The van der Waals surface area contributed by atoms with Crippen LogP contribution in [0.1, 0.15) is 27.4 Å². The lowest BCUT2D eigenvalue weighted by atomic mass is 10.1. The summed E-state index contributed by atoms with van der Waals surface area (Å²) in [5.74, 6) is 1.26. The van der Waals surface area contributed by atoms with E-state index < -0.39 is 0 Å². The first kappa shape index (κ1) is 19.3. The summed E-state index contributed by atoms with van der Waals surface area (Å²) >= 11 is 0. The number of nitrogens with two attached hydrogens (primary N) is 1. The predicted octanol–water partition coefficient (Wildman–Crippen LogP) is 2.46. The lowest BCUT2D eigenvalue weighted by molar-refractivity contribution is 0.0615. The molecule has 1 aliphatic heterocycles. The average Bonchev–Trinajstić information content (AvgIpc) is 3.23. The zero-order valence-corrected chi connectivity index (χ0v) is 16.5. The number of amides is 1. The third kappa shape index (κ3) is 4.52. The third-order valence-corrected chi connectivity index (χ3v) is 5.23. The van der Waals surface area contributed by atoms with Gasteiger partial charge in [0.15, 0.2) is 0 Å². The Morgan fingerprint density at radius 1 is 1.03 bits per heavy atom. The molecular formula is C22H25N5O2. The van der Waals surface area contributed by atoms with Gasteiger partial charge in [-0.05, 0) is 24.6 Å². The van der Waals surface area contributed by atoms with Crippen LogP contribution in [0, 0.1) is 6.92 Å². The van der Waals surface area contributed by atoms with Gasteiger partial charge in [-0.25, -0.2) is 0 Å². The highest BCUT2D eigenvalue weighted by molar-refractivity contribution is 5.94. The molecule has 1 amide bonds. The fourth-order valence-electron chi connectivity index (χ4n) is 3.41. The molecule has 1 saturated heterocycles. The SMILES string of the molecule is Cc1ccc(-c2noc(CN3CCN(C(=O)c4ccc(CN)cc4)CC3)n2)cc1. The smallest absolute Gasteiger partial charge is 0.253 e. The third-order valence-electron chi connectivity index (χ3n) is 5.23. The van der Waals surface area contributed by atoms with E-state index in [1.165, 1.54) is 5.56 Å². The van der Waals surface area contributed by atoms with Crippen LogP contribution in [0.25, 0.3) is 11.4 Å². The van der Waals surface area contributed by atoms with E-state index in [2.05, 4.69) is 15.0 Å². The average molecular weight is 391 g/mol. The van der Waals surface area contributed by atoms with Gasteiger partial charge >= 0.3 is 0 Å². The number of rotatable bonds is 5. The Hall–Kier alpha value is -3.03. The van der Waals surface area contributed by atoms with E-state index in [9.17, 15) is 4.79 Å². The number of aromatic nitrogens is 2. The molecule has 7 heteroatoms. The van der Waals surface area contributed by atoms with Crippen LogP contribution in [-0.2, 0) is 13.1 Å². The number of hydrogen-bond acceptors (Lipinski definition) is 6. The van der Waals surface area contributed by atoms with Gasteiger partial charge in [0.2, 0.25) is 11.7 Å². The Labute approximate surface area is 170 Å². The van der Waals surface area contributed by atoms with Crippen LogP contribution in [0.4, 0.5) is 0 Å². The molecule has 0 saturated carbocycles. The normalized spacial score (nSPS) is 14.9. The van der Waals surface area contributed by atoms with E-state index in [0.29, 0.717) is 43.5 Å². The minimum Gasteiger partial charge on any atom is -0.338 e. The summed E-state index contributed by atoms with van der Waals surface area (Å²) < 4.78 is 5.42. The van der Waals surface area contributed by atoms with E-state index in [1.54, 1.807) is 0 Å². The molecule has 0 atom stereocenters. The molecule has 2 aromatic carbocycles. The van der Waals surface area contributed by atoms with E-state index in [4.69, 9.17) is 10.3 Å². The highest BCUT2D eigenvalue weighted by Crippen LogP contribution is 2.18. The van der Waals surface area contributed by atoms with Crippen molar-refractivity contribution in [3.8, 4) is 11.4 Å². The first-order valence-corrected chi connectivity index (χ1v) is 9.82. The van der Waals surface area contributed by atoms with Gasteiger partial charge in [-0.15, -0.1) is 0 Å². The quantitative estimate of drug-likeness (QED) is 0.719. The molecule has 1 aromatic heterocycles. The maximum atomic E-state index is 12.7. The van der Waals surface area contributed by atoms with E-state index in [0.717, 1.165) is 24.2 Å². The number of carbonyl (C=O) groups is 1.